The van der Waals surface area contributed by atoms with E-state index in [9.17, 15) is 4.79 Å². The van der Waals surface area contributed by atoms with E-state index < -0.39 is 5.60 Å². The molecule has 4 rings (SSSR count). The van der Waals surface area contributed by atoms with Crippen LogP contribution < -0.4 is 0 Å². The number of hydrogen-bond acceptors (Lipinski definition) is 2. The van der Waals surface area contributed by atoms with Crippen LogP contribution in [0.25, 0.3) is 16.3 Å². The van der Waals surface area contributed by atoms with Gasteiger partial charge < -0.3 is 4.74 Å². The zero-order valence-electron chi connectivity index (χ0n) is 16.1. The van der Waals surface area contributed by atoms with Crippen LogP contribution in [0.5, 0.6) is 0 Å². The summed E-state index contributed by atoms with van der Waals surface area (Å²) >= 11 is 0. The minimum Gasteiger partial charge on any atom is -0.444 e. The van der Waals surface area contributed by atoms with E-state index >= 15 is 0 Å². The summed E-state index contributed by atoms with van der Waals surface area (Å²) in [5.41, 5.74) is 3.53. The van der Waals surface area contributed by atoms with Crippen LogP contribution in [-0.2, 0) is 4.74 Å². The second-order valence-electron chi connectivity index (χ2n) is 8.56. The van der Waals surface area contributed by atoms with E-state index in [0.717, 1.165) is 19.3 Å². The van der Waals surface area contributed by atoms with Crippen LogP contribution in [0, 0.1) is 6.92 Å². The van der Waals surface area contributed by atoms with Gasteiger partial charge in [-0.05, 0) is 74.4 Å². The van der Waals surface area contributed by atoms with Crippen LogP contribution in [0.4, 0.5) is 4.79 Å². The molecule has 2 aliphatic heterocycles. The molecule has 2 bridgehead atoms. The molecule has 1 saturated heterocycles. The Morgan fingerprint density at radius 3 is 2.50 bits per heavy atom. The number of carbonyl (C=O) groups excluding carboxylic acids is 1. The van der Waals surface area contributed by atoms with Crippen LogP contribution in [-0.4, -0.2) is 28.7 Å². The topological polar surface area (TPSA) is 29.5 Å². The molecule has 0 aromatic heterocycles. The van der Waals surface area contributed by atoms with Gasteiger partial charge in [0, 0.05) is 6.04 Å². The average Bonchev–Trinajstić information content (AvgIpc) is 2.85. The predicted molar refractivity (Wildman–Crippen MR) is 106 cm³/mol. The third-order valence-electron chi connectivity index (χ3n) is 5.49. The van der Waals surface area contributed by atoms with Gasteiger partial charge in [0.25, 0.3) is 0 Å². The van der Waals surface area contributed by atoms with E-state index in [1.807, 2.05) is 25.7 Å². The van der Waals surface area contributed by atoms with Crippen LogP contribution in [0.3, 0.4) is 0 Å². The molecule has 2 aromatic carbocycles. The average molecular weight is 349 g/mol. The van der Waals surface area contributed by atoms with E-state index in [-0.39, 0.29) is 18.2 Å². The summed E-state index contributed by atoms with van der Waals surface area (Å²) in [6.07, 6.45) is 5.10. The van der Waals surface area contributed by atoms with Gasteiger partial charge in [0.2, 0.25) is 0 Å². The third-order valence-corrected chi connectivity index (χ3v) is 5.49. The van der Waals surface area contributed by atoms with Crippen molar-refractivity contribution in [2.45, 2.75) is 64.6 Å². The highest BCUT2D eigenvalue weighted by atomic mass is 16.6. The minimum atomic E-state index is -0.451. The Balaban J connectivity index is 1.69. The lowest BCUT2D eigenvalue weighted by molar-refractivity contribution is 0.0175. The molecule has 0 spiro atoms. The van der Waals surface area contributed by atoms with Gasteiger partial charge in [-0.15, -0.1) is 0 Å². The Morgan fingerprint density at radius 2 is 1.81 bits per heavy atom. The molecular weight excluding hydrogens is 322 g/mol. The maximum Gasteiger partial charge on any atom is 0.411 e. The molecular formula is C23H27NO2. The maximum atomic E-state index is 12.6. The van der Waals surface area contributed by atoms with Crippen molar-refractivity contribution in [3.05, 3.63) is 53.6 Å². The SMILES string of the molecule is Cc1ccc(C2=CC3CCC(C2)N3C(=O)OC(C)(C)C)c2ccccc12. The first-order valence-electron chi connectivity index (χ1n) is 9.54. The van der Waals surface area contributed by atoms with E-state index in [0.29, 0.717) is 0 Å². The van der Waals surface area contributed by atoms with Gasteiger partial charge in [0.05, 0.1) is 6.04 Å². The zero-order valence-corrected chi connectivity index (χ0v) is 16.1. The maximum absolute atomic E-state index is 12.6. The van der Waals surface area contributed by atoms with E-state index in [2.05, 4.69) is 49.4 Å². The molecule has 2 heterocycles. The number of fused-ring (bicyclic) bond motifs is 3. The van der Waals surface area contributed by atoms with Crippen molar-refractivity contribution in [2.24, 2.45) is 0 Å². The molecule has 2 aliphatic rings. The molecule has 2 aromatic rings. The van der Waals surface area contributed by atoms with E-state index in [1.54, 1.807) is 0 Å². The van der Waals surface area contributed by atoms with Crippen LogP contribution in [0.1, 0.15) is 51.2 Å². The molecule has 3 heteroatoms. The normalized spacial score (nSPS) is 22.5. The number of aryl methyl sites for hydroxylation is 1. The second kappa shape index (κ2) is 6.15. The van der Waals surface area contributed by atoms with Crippen molar-refractivity contribution in [3.63, 3.8) is 0 Å². The molecule has 0 N–H and O–H groups in total. The molecule has 26 heavy (non-hydrogen) atoms. The smallest absolute Gasteiger partial charge is 0.411 e. The fourth-order valence-corrected chi connectivity index (χ4v) is 4.36. The third kappa shape index (κ3) is 3.00. The van der Waals surface area contributed by atoms with Gasteiger partial charge in [0.1, 0.15) is 5.60 Å². The number of amides is 1. The zero-order chi connectivity index (χ0) is 18.5. The quantitative estimate of drug-likeness (QED) is 0.660. The standard InChI is InChI=1S/C23H27NO2/c1-15-9-12-20(21-8-6-5-7-19(15)21)16-13-17-10-11-18(14-16)24(17)22(25)26-23(2,3)4/h5-9,12-13,17-18H,10-11,14H2,1-4H3. The van der Waals surface area contributed by atoms with Gasteiger partial charge in [-0.1, -0.05) is 42.5 Å². The van der Waals surface area contributed by atoms with Crippen molar-refractivity contribution in [2.75, 3.05) is 0 Å². The highest BCUT2D eigenvalue weighted by Crippen LogP contribution is 2.41. The fraction of sp³-hybridized carbons (Fsp3) is 0.435. The van der Waals surface area contributed by atoms with Crippen molar-refractivity contribution in [1.82, 2.24) is 4.90 Å². The number of benzene rings is 2. The summed E-state index contributed by atoms with van der Waals surface area (Å²) < 4.78 is 5.64. The first-order valence-corrected chi connectivity index (χ1v) is 9.54. The second-order valence-corrected chi connectivity index (χ2v) is 8.56. The van der Waals surface area contributed by atoms with Crippen molar-refractivity contribution in [1.29, 1.82) is 0 Å². The summed E-state index contributed by atoms with van der Waals surface area (Å²) in [5.74, 6) is 0. The monoisotopic (exact) mass is 349 g/mol. The molecule has 2 unspecified atom stereocenters. The van der Waals surface area contributed by atoms with Gasteiger partial charge >= 0.3 is 6.09 Å². The lowest BCUT2D eigenvalue weighted by Crippen LogP contribution is -2.45. The summed E-state index contributed by atoms with van der Waals surface area (Å²) in [6.45, 7) is 7.94. The van der Waals surface area contributed by atoms with Crippen LogP contribution in [0.15, 0.2) is 42.5 Å². The van der Waals surface area contributed by atoms with Crippen LogP contribution in [0.2, 0.25) is 0 Å². The number of carbonyl (C=O) groups is 1. The highest BCUT2D eigenvalue weighted by molar-refractivity contribution is 5.96. The molecule has 136 valence electrons. The van der Waals surface area contributed by atoms with Crippen molar-refractivity contribution < 1.29 is 9.53 Å². The molecule has 2 atom stereocenters. The number of hydrogen-bond donors (Lipinski definition) is 0. The predicted octanol–water partition coefficient (Wildman–Crippen LogP) is 5.70. The molecule has 0 radical (unpaired) electrons. The van der Waals surface area contributed by atoms with Crippen molar-refractivity contribution >= 4 is 22.4 Å². The first-order chi connectivity index (χ1) is 12.3. The molecule has 3 nitrogen and oxygen atoms in total. The Morgan fingerprint density at radius 1 is 1.08 bits per heavy atom. The van der Waals surface area contributed by atoms with E-state index in [1.165, 1.54) is 27.5 Å². The minimum absolute atomic E-state index is 0.152. The largest absolute Gasteiger partial charge is 0.444 e. The molecule has 0 saturated carbocycles. The van der Waals surface area contributed by atoms with Crippen molar-refractivity contribution in [3.8, 4) is 0 Å². The van der Waals surface area contributed by atoms with E-state index in [4.69, 9.17) is 4.74 Å². The summed E-state index contributed by atoms with van der Waals surface area (Å²) in [7, 11) is 0. The Labute approximate surface area is 155 Å². The lowest BCUT2D eigenvalue weighted by atomic mass is 9.90. The van der Waals surface area contributed by atoms with Crippen LogP contribution >= 0.6 is 0 Å². The van der Waals surface area contributed by atoms with Gasteiger partial charge in [-0.25, -0.2) is 4.79 Å². The van der Waals surface area contributed by atoms with Gasteiger partial charge in [-0.2, -0.15) is 0 Å². The highest BCUT2D eigenvalue weighted by Gasteiger charge is 2.41. The first kappa shape index (κ1) is 17.1. The molecule has 0 aliphatic carbocycles. The Hall–Kier alpha value is -2.29. The summed E-state index contributed by atoms with van der Waals surface area (Å²) in [6, 6.07) is 13.5. The summed E-state index contributed by atoms with van der Waals surface area (Å²) in [5, 5.41) is 2.62. The molecule has 1 fully saturated rings. The van der Waals surface area contributed by atoms with Gasteiger partial charge in [0.15, 0.2) is 0 Å². The Bertz CT molecular complexity index is 891. The fourth-order valence-electron chi connectivity index (χ4n) is 4.36. The summed E-state index contributed by atoms with van der Waals surface area (Å²) in [4.78, 5) is 14.6. The molecule has 1 amide bonds. The number of nitrogens with zero attached hydrogens (tertiary/aromatic N) is 1. The number of ether oxygens (including phenoxy) is 1. The van der Waals surface area contributed by atoms with Gasteiger partial charge in [-0.3, -0.25) is 4.90 Å². The lowest BCUT2D eigenvalue weighted by Gasteiger charge is -2.35. The number of rotatable bonds is 1. The Kier molecular flexibility index (Phi) is 4.06.